The first-order valence-electron chi connectivity index (χ1n) is 14.4. The molecular weight excluding hydrogens is 518 g/mol. The summed E-state index contributed by atoms with van der Waals surface area (Å²) in [5.74, 6) is 1.64. The lowest BCUT2D eigenvalue weighted by atomic mass is 9.88. The molecule has 0 amide bonds. The molecule has 0 saturated carbocycles. The third-order valence-corrected chi connectivity index (χ3v) is 9.10. The molecule has 4 heteroatoms. The number of aryl methyl sites for hydroxylation is 1. The Balaban J connectivity index is 1.53. The van der Waals surface area contributed by atoms with E-state index in [1.165, 1.54) is 43.4 Å². The molecule has 0 N–H and O–H groups in total. The SMILES string of the molecule is Cc1ccc2c(n1)sc1cc(-c3nc4ccccc4n3-c3c(C(C)C)cc(-c4ccccc4)cc3C(C)C)ccc12. The molecule has 202 valence electrons. The number of hydrogen-bond acceptors (Lipinski definition) is 3. The van der Waals surface area contributed by atoms with Crippen LogP contribution in [0.15, 0.2) is 97.1 Å². The molecule has 3 nitrogen and oxygen atoms in total. The Labute approximate surface area is 245 Å². The van der Waals surface area contributed by atoms with E-state index in [1.807, 2.05) is 0 Å². The number of benzene rings is 4. The predicted molar refractivity (Wildman–Crippen MR) is 176 cm³/mol. The van der Waals surface area contributed by atoms with Gasteiger partial charge in [0.15, 0.2) is 0 Å². The molecule has 3 heterocycles. The normalized spacial score (nSPS) is 12.0. The van der Waals surface area contributed by atoms with Crippen LogP contribution in [0.5, 0.6) is 0 Å². The van der Waals surface area contributed by atoms with E-state index in [4.69, 9.17) is 9.97 Å². The molecule has 0 fully saturated rings. The summed E-state index contributed by atoms with van der Waals surface area (Å²) in [6.45, 7) is 11.3. The summed E-state index contributed by atoms with van der Waals surface area (Å²) in [6.07, 6.45) is 0. The Morgan fingerprint density at radius 3 is 2.05 bits per heavy atom. The fourth-order valence-corrected chi connectivity index (χ4v) is 7.11. The van der Waals surface area contributed by atoms with Crippen molar-refractivity contribution in [2.24, 2.45) is 0 Å². The summed E-state index contributed by atoms with van der Waals surface area (Å²) in [4.78, 5) is 11.2. The van der Waals surface area contributed by atoms with Gasteiger partial charge in [-0.1, -0.05) is 82.3 Å². The van der Waals surface area contributed by atoms with Crippen molar-refractivity contribution < 1.29 is 0 Å². The monoisotopic (exact) mass is 551 g/mol. The number of imidazole rings is 1. The number of hydrogen-bond donors (Lipinski definition) is 0. The Hall–Kier alpha value is -4.28. The van der Waals surface area contributed by atoms with Crippen molar-refractivity contribution in [1.29, 1.82) is 0 Å². The summed E-state index contributed by atoms with van der Waals surface area (Å²) in [5, 5.41) is 2.47. The van der Waals surface area contributed by atoms with Crippen molar-refractivity contribution >= 4 is 42.7 Å². The zero-order chi connectivity index (χ0) is 28.2. The highest BCUT2D eigenvalue weighted by molar-refractivity contribution is 7.25. The van der Waals surface area contributed by atoms with Crippen LogP contribution in [0.2, 0.25) is 0 Å². The molecular formula is C37H33N3S. The lowest BCUT2D eigenvalue weighted by molar-refractivity contribution is 0.811. The van der Waals surface area contributed by atoms with Gasteiger partial charge in [-0.2, -0.15) is 0 Å². The maximum absolute atomic E-state index is 5.27. The molecule has 0 atom stereocenters. The van der Waals surface area contributed by atoms with Gasteiger partial charge >= 0.3 is 0 Å². The predicted octanol–water partition coefficient (Wildman–Crippen LogP) is 10.7. The molecule has 0 bridgehead atoms. The number of thiophene rings is 1. The van der Waals surface area contributed by atoms with Crippen molar-refractivity contribution in [2.45, 2.75) is 46.5 Å². The van der Waals surface area contributed by atoms with Crippen molar-refractivity contribution in [1.82, 2.24) is 14.5 Å². The minimum Gasteiger partial charge on any atom is -0.292 e. The number of pyridine rings is 1. The van der Waals surface area contributed by atoms with Gasteiger partial charge in [0.2, 0.25) is 0 Å². The highest BCUT2D eigenvalue weighted by Crippen LogP contribution is 2.41. The smallest absolute Gasteiger partial charge is 0.145 e. The van der Waals surface area contributed by atoms with Gasteiger partial charge in [-0.3, -0.25) is 4.57 Å². The minimum atomic E-state index is 0.333. The fraction of sp³-hybridized carbons (Fsp3) is 0.189. The highest BCUT2D eigenvalue weighted by atomic mass is 32.1. The van der Waals surface area contributed by atoms with E-state index in [1.54, 1.807) is 11.3 Å². The van der Waals surface area contributed by atoms with Gasteiger partial charge in [0.1, 0.15) is 10.7 Å². The number of fused-ring (bicyclic) bond motifs is 4. The Bertz CT molecular complexity index is 2030. The summed E-state index contributed by atoms with van der Waals surface area (Å²) >= 11 is 1.76. The van der Waals surface area contributed by atoms with E-state index < -0.39 is 0 Å². The molecule has 0 spiro atoms. The summed E-state index contributed by atoms with van der Waals surface area (Å²) in [5.41, 5.74) is 10.7. The molecule has 0 aliphatic carbocycles. The first kappa shape index (κ1) is 25.7. The van der Waals surface area contributed by atoms with Crippen molar-refractivity contribution in [3.8, 4) is 28.2 Å². The van der Waals surface area contributed by atoms with Gasteiger partial charge < -0.3 is 0 Å². The van der Waals surface area contributed by atoms with Crippen LogP contribution < -0.4 is 0 Å². The Kier molecular flexibility index (Phi) is 6.24. The lowest BCUT2D eigenvalue weighted by Gasteiger charge is -2.24. The number of rotatable bonds is 5. The van der Waals surface area contributed by atoms with E-state index in [0.29, 0.717) is 11.8 Å². The van der Waals surface area contributed by atoms with Crippen molar-refractivity contribution in [3.05, 3.63) is 114 Å². The first-order valence-corrected chi connectivity index (χ1v) is 15.2. The molecule has 0 saturated heterocycles. The van der Waals surface area contributed by atoms with Gasteiger partial charge in [-0.25, -0.2) is 9.97 Å². The van der Waals surface area contributed by atoms with E-state index in [9.17, 15) is 0 Å². The van der Waals surface area contributed by atoms with E-state index in [-0.39, 0.29) is 0 Å². The van der Waals surface area contributed by atoms with Crippen molar-refractivity contribution in [3.63, 3.8) is 0 Å². The molecule has 0 unspecified atom stereocenters. The number of para-hydroxylation sites is 2. The van der Waals surface area contributed by atoms with E-state index in [2.05, 4.69) is 136 Å². The molecule has 41 heavy (non-hydrogen) atoms. The Morgan fingerprint density at radius 2 is 1.32 bits per heavy atom. The topological polar surface area (TPSA) is 30.7 Å². The zero-order valence-electron chi connectivity index (χ0n) is 24.1. The second kappa shape index (κ2) is 9.97. The average molecular weight is 552 g/mol. The first-order chi connectivity index (χ1) is 19.9. The molecule has 4 aromatic carbocycles. The van der Waals surface area contributed by atoms with Crippen LogP contribution in [-0.2, 0) is 0 Å². The quantitative estimate of drug-likeness (QED) is 0.213. The largest absolute Gasteiger partial charge is 0.292 e. The standard InChI is InChI=1S/C37H33N3S/c1-22(2)30-19-27(25-11-7-6-8-12-25)20-31(23(3)4)35(30)40-33-14-10-9-13-32(33)39-36(40)26-16-18-28-29-17-15-24(5)38-37(29)41-34(28)21-26/h6-23H,1-5H3. The lowest BCUT2D eigenvalue weighted by Crippen LogP contribution is -2.09. The third-order valence-electron chi connectivity index (χ3n) is 8.04. The molecule has 0 aliphatic heterocycles. The average Bonchev–Trinajstić information content (AvgIpc) is 3.54. The molecule has 3 aromatic heterocycles. The van der Waals surface area contributed by atoms with E-state index in [0.717, 1.165) is 32.9 Å². The summed E-state index contributed by atoms with van der Waals surface area (Å²) in [6, 6.07) is 35.1. The summed E-state index contributed by atoms with van der Waals surface area (Å²) < 4.78 is 3.66. The van der Waals surface area contributed by atoms with Gasteiger partial charge in [-0.15, -0.1) is 11.3 Å². The van der Waals surface area contributed by atoms with Crippen LogP contribution in [0, 0.1) is 6.92 Å². The van der Waals surface area contributed by atoms with Gasteiger partial charge in [0.05, 0.1) is 16.7 Å². The third kappa shape index (κ3) is 4.34. The fourth-order valence-electron chi connectivity index (χ4n) is 5.95. The summed E-state index contributed by atoms with van der Waals surface area (Å²) in [7, 11) is 0. The van der Waals surface area contributed by atoms with Crippen LogP contribution in [0.4, 0.5) is 0 Å². The van der Waals surface area contributed by atoms with Gasteiger partial charge in [0.25, 0.3) is 0 Å². The van der Waals surface area contributed by atoms with Crippen LogP contribution in [0.1, 0.15) is 56.4 Å². The van der Waals surface area contributed by atoms with Crippen LogP contribution in [0.3, 0.4) is 0 Å². The maximum Gasteiger partial charge on any atom is 0.145 e. The second-order valence-electron chi connectivity index (χ2n) is 11.6. The van der Waals surface area contributed by atoms with E-state index >= 15 is 0 Å². The van der Waals surface area contributed by atoms with Crippen LogP contribution in [-0.4, -0.2) is 14.5 Å². The zero-order valence-corrected chi connectivity index (χ0v) is 25.0. The minimum absolute atomic E-state index is 0.333. The molecule has 7 aromatic rings. The molecule has 0 radical (unpaired) electrons. The Morgan fingerprint density at radius 1 is 0.634 bits per heavy atom. The van der Waals surface area contributed by atoms with Crippen LogP contribution in [0.25, 0.3) is 59.5 Å². The highest BCUT2D eigenvalue weighted by Gasteiger charge is 2.24. The molecule has 7 rings (SSSR count). The number of nitrogens with zero attached hydrogens (tertiary/aromatic N) is 3. The molecule has 0 aliphatic rings. The second-order valence-corrected chi connectivity index (χ2v) is 12.6. The van der Waals surface area contributed by atoms with Gasteiger partial charge in [0, 0.05) is 26.7 Å². The van der Waals surface area contributed by atoms with Gasteiger partial charge in [-0.05, 0) is 83.5 Å². The van der Waals surface area contributed by atoms with Crippen LogP contribution >= 0.6 is 11.3 Å². The van der Waals surface area contributed by atoms with Crippen molar-refractivity contribution in [2.75, 3.05) is 0 Å². The maximum atomic E-state index is 5.27. The number of aromatic nitrogens is 3.